The molecule has 4 heteroatoms. The molecule has 0 spiro atoms. The van der Waals surface area contributed by atoms with Crippen LogP contribution >= 0.6 is 0 Å². The van der Waals surface area contributed by atoms with E-state index in [0.29, 0.717) is 12.1 Å². The van der Waals surface area contributed by atoms with Gasteiger partial charge in [-0.25, -0.2) is 0 Å². The highest BCUT2D eigenvalue weighted by molar-refractivity contribution is 6.08. The Morgan fingerprint density at radius 3 is 2.62 bits per heavy atom. The van der Waals surface area contributed by atoms with E-state index in [-0.39, 0.29) is 0 Å². The Hall–Kier alpha value is -2.88. The minimum absolute atomic E-state index is 0.442. The van der Waals surface area contributed by atoms with Gasteiger partial charge in [0.1, 0.15) is 0 Å². The second kappa shape index (κ2) is 5.63. The number of fused-ring (bicyclic) bond motifs is 1. The molecule has 0 fully saturated rings. The van der Waals surface area contributed by atoms with Crippen LogP contribution in [0.15, 0.2) is 60.8 Å². The van der Waals surface area contributed by atoms with Crippen LogP contribution in [-0.2, 0) is 6.54 Å². The first-order valence-electron chi connectivity index (χ1n) is 6.71. The number of hydrogen-bond acceptors (Lipinski definition) is 3. The summed E-state index contributed by atoms with van der Waals surface area (Å²) in [4.78, 5) is 15.8. The van der Waals surface area contributed by atoms with E-state index in [1.54, 1.807) is 18.3 Å². The lowest BCUT2D eigenvalue weighted by molar-refractivity contribution is 0.100. The van der Waals surface area contributed by atoms with Gasteiger partial charge in [-0.05, 0) is 23.8 Å². The second-order valence-corrected chi connectivity index (χ2v) is 4.76. The highest BCUT2D eigenvalue weighted by Crippen LogP contribution is 2.25. The second-order valence-electron chi connectivity index (χ2n) is 4.76. The fraction of sp³-hybridized carbons (Fsp3) is 0.0588. The maximum atomic E-state index is 11.5. The molecule has 2 aromatic carbocycles. The van der Waals surface area contributed by atoms with Crippen LogP contribution in [0, 0.1) is 0 Å². The van der Waals surface area contributed by atoms with E-state index in [0.717, 1.165) is 16.6 Å². The van der Waals surface area contributed by atoms with Gasteiger partial charge in [0, 0.05) is 23.7 Å². The third-order valence-electron chi connectivity index (χ3n) is 3.36. The van der Waals surface area contributed by atoms with Crippen LogP contribution in [0.25, 0.3) is 10.9 Å². The average molecular weight is 277 g/mol. The highest BCUT2D eigenvalue weighted by Gasteiger charge is 2.10. The number of hydrogen-bond donors (Lipinski definition) is 2. The number of benzene rings is 2. The lowest BCUT2D eigenvalue weighted by atomic mass is 10.1. The summed E-state index contributed by atoms with van der Waals surface area (Å²) in [5.74, 6) is -0.442. The van der Waals surface area contributed by atoms with Gasteiger partial charge >= 0.3 is 0 Å². The van der Waals surface area contributed by atoms with Gasteiger partial charge in [-0.2, -0.15) is 0 Å². The largest absolute Gasteiger partial charge is 0.379 e. The van der Waals surface area contributed by atoms with Gasteiger partial charge < -0.3 is 11.1 Å². The van der Waals surface area contributed by atoms with Crippen molar-refractivity contribution < 1.29 is 4.79 Å². The molecular formula is C17H15N3O. The average Bonchev–Trinajstić information content (AvgIpc) is 2.53. The van der Waals surface area contributed by atoms with Crippen molar-refractivity contribution >= 4 is 22.5 Å². The van der Waals surface area contributed by atoms with Gasteiger partial charge in [-0.3, -0.25) is 9.78 Å². The third kappa shape index (κ3) is 2.69. The summed E-state index contributed by atoms with van der Waals surface area (Å²) >= 11 is 0. The molecule has 104 valence electrons. The minimum atomic E-state index is -0.442. The normalized spacial score (nSPS) is 10.5. The minimum Gasteiger partial charge on any atom is -0.379 e. The van der Waals surface area contributed by atoms with E-state index >= 15 is 0 Å². The van der Waals surface area contributed by atoms with Crippen LogP contribution in [-0.4, -0.2) is 10.9 Å². The standard InChI is InChI=1S/C17H15N3O/c18-17(21)14-8-9-15(16-13(14)7-4-10-19-16)20-11-12-5-2-1-3-6-12/h1-10,20H,11H2,(H2,18,21). The molecule has 1 heterocycles. The third-order valence-corrected chi connectivity index (χ3v) is 3.36. The molecule has 21 heavy (non-hydrogen) atoms. The number of carbonyl (C=O) groups is 1. The molecule has 0 unspecified atom stereocenters. The monoisotopic (exact) mass is 277 g/mol. The Morgan fingerprint density at radius 1 is 1.05 bits per heavy atom. The number of nitrogens with two attached hydrogens (primary N) is 1. The van der Waals surface area contributed by atoms with E-state index in [9.17, 15) is 4.79 Å². The number of aromatic nitrogens is 1. The van der Waals surface area contributed by atoms with Crippen molar-refractivity contribution in [1.29, 1.82) is 0 Å². The maximum absolute atomic E-state index is 11.5. The molecule has 0 radical (unpaired) electrons. The number of pyridine rings is 1. The van der Waals surface area contributed by atoms with E-state index in [1.165, 1.54) is 5.56 Å². The lowest BCUT2D eigenvalue weighted by Crippen LogP contribution is -2.12. The number of nitrogens with zero attached hydrogens (tertiary/aromatic N) is 1. The number of nitrogens with one attached hydrogen (secondary N) is 1. The van der Waals surface area contributed by atoms with Crippen LogP contribution in [0.5, 0.6) is 0 Å². The molecule has 0 saturated heterocycles. The van der Waals surface area contributed by atoms with Crippen LogP contribution in [0.3, 0.4) is 0 Å². The number of primary amides is 1. The van der Waals surface area contributed by atoms with Crippen molar-refractivity contribution in [2.75, 3.05) is 5.32 Å². The van der Waals surface area contributed by atoms with Crippen LogP contribution in [0.4, 0.5) is 5.69 Å². The van der Waals surface area contributed by atoms with E-state index < -0.39 is 5.91 Å². The summed E-state index contributed by atoms with van der Waals surface area (Å²) in [5, 5.41) is 4.12. The molecule has 3 aromatic rings. The molecule has 0 aliphatic carbocycles. The Labute approximate surface area is 122 Å². The predicted molar refractivity (Wildman–Crippen MR) is 84.0 cm³/mol. The summed E-state index contributed by atoms with van der Waals surface area (Å²) in [6, 6.07) is 17.3. The SMILES string of the molecule is NC(=O)c1ccc(NCc2ccccc2)c2ncccc12. The Bertz CT molecular complexity index is 784. The molecule has 1 amide bonds. The summed E-state index contributed by atoms with van der Waals surface area (Å²) in [5.41, 5.74) is 8.72. The lowest BCUT2D eigenvalue weighted by Gasteiger charge is -2.11. The van der Waals surface area contributed by atoms with Crippen LogP contribution < -0.4 is 11.1 Å². The van der Waals surface area contributed by atoms with E-state index in [2.05, 4.69) is 22.4 Å². The van der Waals surface area contributed by atoms with Crippen LogP contribution in [0.2, 0.25) is 0 Å². The highest BCUT2D eigenvalue weighted by atomic mass is 16.1. The van der Waals surface area contributed by atoms with Crippen molar-refractivity contribution in [3.63, 3.8) is 0 Å². The zero-order valence-corrected chi connectivity index (χ0v) is 11.4. The Kier molecular flexibility index (Phi) is 3.51. The van der Waals surface area contributed by atoms with Crippen molar-refractivity contribution in [3.05, 3.63) is 71.9 Å². The molecule has 0 atom stereocenters. The summed E-state index contributed by atoms with van der Waals surface area (Å²) in [6.45, 7) is 0.697. The molecule has 0 bridgehead atoms. The molecular weight excluding hydrogens is 262 g/mol. The predicted octanol–water partition coefficient (Wildman–Crippen LogP) is 2.95. The molecule has 1 aromatic heterocycles. The summed E-state index contributed by atoms with van der Waals surface area (Å²) in [6.07, 6.45) is 1.71. The first kappa shape index (κ1) is 13.1. The van der Waals surface area contributed by atoms with Crippen LogP contribution in [0.1, 0.15) is 15.9 Å². The van der Waals surface area contributed by atoms with Gasteiger partial charge in [0.25, 0.3) is 0 Å². The quantitative estimate of drug-likeness (QED) is 0.770. The number of rotatable bonds is 4. The molecule has 0 aliphatic heterocycles. The molecule has 0 saturated carbocycles. The fourth-order valence-corrected chi connectivity index (χ4v) is 2.32. The van der Waals surface area contributed by atoms with Crippen molar-refractivity contribution in [2.45, 2.75) is 6.54 Å². The fourth-order valence-electron chi connectivity index (χ4n) is 2.32. The van der Waals surface area contributed by atoms with Gasteiger partial charge in [0.2, 0.25) is 5.91 Å². The number of carbonyl (C=O) groups excluding carboxylic acids is 1. The summed E-state index contributed by atoms with van der Waals surface area (Å²) < 4.78 is 0. The van der Waals surface area contributed by atoms with Gasteiger partial charge in [0.15, 0.2) is 0 Å². The van der Waals surface area contributed by atoms with E-state index in [1.807, 2.05) is 30.3 Å². The zero-order valence-electron chi connectivity index (χ0n) is 11.4. The van der Waals surface area contributed by atoms with Gasteiger partial charge in [-0.15, -0.1) is 0 Å². The maximum Gasteiger partial charge on any atom is 0.249 e. The molecule has 3 rings (SSSR count). The van der Waals surface area contributed by atoms with Crippen molar-refractivity contribution in [2.24, 2.45) is 5.73 Å². The van der Waals surface area contributed by atoms with Crippen molar-refractivity contribution in [3.8, 4) is 0 Å². The molecule has 4 nitrogen and oxygen atoms in total. The molecule has 3 N–H and O–H groups in total. The van der Waals surface area contributed by atoms with Gasteiger partial charge in [-0.1, -0.05) is 36.4 Å². The first-order valence-corrected chi connectivity index (χ1v) is 6.71. The van der Waals surface area contributed by atoms with Gasteiger partial charge in [0.05, 0.1) is 11.2 Å². The topological polar surface area (TPSA) is 68.0 Å². The Morgan fingerprint density at radius 2 is 1.86 bits per heavy atom. The smallest absolute Gasteiger partial charge is 0.249 e. The summed E-state index contributed by atoms with van der Waals surface area (Å²) in [7, 11) is 0. The van der Waals surface area contributed by atoms with E-state index in [4.69, 9.17) is 5.73 Å². The van der Waals surface area contributed by atoms with Crippen molar-refractivity contribution in [1.82, 2.24) is 4.98 Å². The number of amides is 1. The first-order chi connectivity index (χ1) is 10.3. The Balaban J connectivity index is 1.96. The zero-order chi connectivity index (χ0) is 14.7. The molecule has 0 aliphatic rings. The number of anilines is 1.